The van der Waals surface area contributed by atoms with Crippen molar-refractivity contribution in [3.05, 3.63) is 57.0 Å². The van der Waals surface area contributed by atoms with Gasteiger partial charge in [-0.15, -0.1) is 11.3 Å². The number of benzene rings is 1. The van der Waals surface area contributed by atoms with E-state index in [1.807, 2.05) is 0 Å². The summed E-state index contributed by atoms with van der Waals surface area (Å²) in [4.78, 5) is 29.2. The van der Waals surface area contributed by atoms with Gasteiger partial charge in [0.05, 0.1) is 22.3 Å². The van der Waals surface area contributed by atoms with E-state index in [1.54, 1.807) is 14.0 Å². The molecule has 0 saturated heterocycles. The molecule has 0 saturated carbocycles. The minimum Gasteiger partial charge on any atom is -0.319 e. The highest BCUT2D eigenvalue weighted by Gasteiger charge is 2.20. The van der Waals surface area contributed by atoms with E-state index in [9.17, 15) is 18.4 Å². The molecule has 1 N–H and O–H groups in total. The zero-order valence-electron chi connectivity index (χ0n) is 12.2. The Morgan fingerprint density at radius 2 is 2.09 bits per heavy atom. The lowest BCUT2D eigenvalue weighted by Crippen LogP contribution is -2.17. The fraction of sp³-hybridized carbons (Fsp3) is 0.133. The molecule has 0 aliphatic heterocycles. The van der Waals surface area contributed by atoms with E-state index in [0.717, 1.165) is 29.5 Å². The quantitative estimate of drug-likeness (QED) is 0.783. The maximum atomic E-state index is 13.6. The number of anilines is 1. The summed E-state index contributed by atoms with van der Waals surface area (Å²) >= 11 is 1.03. The van der Waals surface area contributed by atoms with Gasteiger partial charge in [-0.2, -0.15) is 0 Å². The molecule has 5 nitrogen and oxygen atoms in total. The average Bonchev–Trinajstić information content (AvgIpc) is 2.84. The van der Waals surface area contributed by atoms with Crippen LogP contribution in [-0.4, -0.2) is 15.5 Å². The van der Waals surface area contributed by atoms with Gasteiger partial charge in [-0.05, 0) is 24.6 Å². The molecule has 0 fully saturated rings. The molecule has 1 amide bonds. The van der Waals surface area contributed by atoms with E-state index in [2.05, 4.69) is 10.3 Å². The Hall–Kier alpha value is -2.61. The second-order valence-corrected chi connectivity index (χ2v) is 5.97. The average molecular weight is 335 g/mol. The topological polar surface area (TPSA) is 64.0 Å². The van der Waals surface area contributed by atoms with Gasteiger partial charge in [-0.3, -0.25) is 9.59 Å². The van der Waals surface area contributed by atoms with Crippen molar-refractivity contribution in [2.24, 2.45) is 7.05 Å². The number of thiophene rings is 1. The second-order valence-electron chi connectivity index (χ2n) is 4.98. The van der Waals surface area contributed by atoms with Gasteiger partial charge >= 0.3 is 0 Å². The van der Waals surface area contributed by atoms with Crippen LogP contribution in [-0.2, 0) is 7.05 Å². The molecule has 0 spiro atoms. The Balaban J connectivity index is 2.05. The molecular weight excluding hydrogens is 324 g/mol. The van der Waals surface area contributed by atoms with Crippen LogP contribution in [0.2, 0.25) is 0 Å². The number of nitrogens with one attached hydrogen (secondary N) is 1. The first-order valence-electron chi connectivity index (χ1n) is 6.59. The van der Waals surface area contributed by atoms with Crippen LogP contribution in [0, 0.1) is 18.6 Å². The molecule has 2 heterocycles. The van der Waals surface area contributed by atoms with E-state index in [-0.39, 0.29) is 16.1 Å². The monoisotopic (exact) mass is 335 g/mol. The van der Waals surface area contributed by atoms with Crippen LogP contribution in [0.1, 0.15) is 15.2 Å². The standard InChI is InChI=1S/C15H11F2N3O2S/c1-7-11-14(18-6-20(2)15(11)22)23-12(7)13(21)19-10-5-8(16)3-4-9(10)17/h3-6H,1-2H3,(H,19,21). The minimum absolute atomic E-state index is 0.236. The van der Waals surface area contributed by atoms with Crippen molar-refractivity contribution < 1.29 is 13.6 Å². The Labute approximate surface area is 133 Å². The van der Waals surface area contributed by atoms with E-state index < -0.39 is 17.5 Å². The largest absolute Gasteiger partial charge is 0.319 e. The number of amides is 1. The number of carbonyl (C=O) groups excluding carboxylic acids is 1. The molecule has 3 aromatic rings. The SMILES string of the molecule is Cc1c(C(=O)Nc2cc(F)ccc2F)sc2ncn(C)c(=O)c12. The molecule has 0 unspecified atom stereocenters. The summed E-state index contributed by atoms with van der Waals surface area (Å²) in [6.45, 7) is 1.62. The van der Waals surface area contributed by atoms with E-state index in [1.165, 1.54) is 10.9 Å². The molecule has 23 heavy (non-hydrogen) atoms. The molecule has 0 aliphatic carbocycles. The van der Waals surface area contributed by atoms with Gasteiger partial charge in [0, 0.05) is 13.1 Å². The van der Waals surface area contributed by atoms with Crippen LogP contribution in [0.5, 0.6) is 0 Å². The number of halogens is 2. The summed E-state index contributed by atoms with van der Waals surface area (Å²) in [6, 6.07) is 2.79. The van der Waals surface area contributed by atoms with Crippen LogP contribution in [0.15, 0.2) is 29.3 Å². The summed E-state index contributed by atoms with van der Waals surface area (Å²) in [5, 5.41) is 2.67. The lowest BCUT2D eigenvalue weighted by Gasteiger charge is -2.05. The van der Waals surface area contributed by atoms with Gasteiger partial charge in [-0.25, -0.2) is 13.8 Å². The Morgan fingerprint density at radius 3 is 2.83 bits per heavy atom. The zero-order chi connectivity index (χ0) is 16.7. The first-order chi connectivity index (χ1) is 10.9. The van der Waals surface area contributed by atoms with E-state index in [4.69, 9.17) is 0 Å². The maximum Gasteiger partial charge on any atom is 0.266 e. The smallest absolute Gasteiger partial charge is 0.266 e. The van der Waals surface area contributed by atoms with Crippen LogP contribution in [0.25, 0.3) is 10.2 Å². The van der Waals surface area contributed by atoms with Crippen molar-refractivity contribution in [1.29, 1.82) is 0 Å². The predicted molar refractivity (Wildman–Crippen MR) is 83.9 cm³/mol. The fourth-order valence-electron chi connectivity index (χ4n) is 2.20. The summed E-state index contributed by atoms with van der Waals surface area (Å²) in [5.74, 6) is -2.02. The lowest BCUT2D eigenvalue weighted by molar-refractivity contribution is 0.102. The number of hydrogen-bond donors (Lipinski definition) is 1. The van der Waals surface area contributed by atoms with Crippen molar-refractivity contribution in [3.63, 3.8) is 0 Å². The molecule has 118 valence electrons. The second kappa shape index (κ2) is 5.54. The minimum atomic E-state index is -0.743. The van der Waals surface area contributed by atoms with Crippen LogP contribution in [0.4, 0.5) is 14.5 Å². The number of carbonyl (C=O) groups is 1. The molecular formula is C15H11F2N3O2S. The molecule has 1 aromatic carbocycles. The summed E-state index contributed by atoms with van der Waals surface area (Å²) in [7, 11) is 1.56. The molecule has 0 radical (unpaired) electrons. The van der Waals surface area contributed by atoms with Gasteiger partial charge in [0.2, 0.25) is 0 Å². The third-order valence-corrected chi connectivity index (χ3v) is 4.59. The van der Waals surface area contributed by atoms with Crippen molar-refractivity contribution in [2.45, 2.75) is 6.92 Å². The van der Waals surface area contributed by atoms with Gasteiger partial charge < -0.3 is 9.88 Å². The molecule has 2 aromatic heterocycles. The van der Waals surface area contributed by atoms with E-state index >= 15 is 0 Å². The Kier molecular flexibility index (Phi) is 3.69. The maximum absolute atomic E-state index is 13.6. The third kappa shape index (κ3) is 2.61. The Morgan fingerprint density at radius 1 is 1.35 bits per heavy atom. The molecule has 8 heteroatoms. The summed E-state index contributed by atoms with van der Waals surface area (Å²) in [6.07, 6.45) is 1.37. The van der Waals surface area contributed by atoms with Crippen LogP contribution >= 0.6 is 11.3 Å². The number of rotatable bonds is 2. The number of aromatic nitrogens is 2. The normalized spacial score (nSPS) is 11.0. The molecule has 3 rings (SSSR count). The summed E-state index contributed by atoms with van der Waals surface area (Å²) < 4.78 is 28.1. The molecule has 0 aliphatic rings. The van der Waals surface area contributed by atoms with Crippen LogP contribution in [0.3, 0.4) is 0 Å². The highest BCUT2D eigenvalue weighted by atomic mass is 32.1. The van der Waals surface area contributed by atoms with Crippen molar-refractivity contribution >= 4 is 33.1 Å². The fourth-order valence-corrected chi connectivity index (χ4v) is 3.23. The molecule has 0 atom stereocenters. The zero-order valence-corrected chi connectivity index (χ0v) is 13.0. The number of nitrogens with zero attached hydrogens (tertiary/aromatic N) is 2. The molecule has 0 bridgehead atoms. The van der Waals surface area contributed by atoms with E-state index in [0.29, 0.717) is 15.8 Å². The number of fused-ring (bicyclic) bond motifs is 1. The van der Waals surface area contributed by atoms with Crippen LogP contribution < -0.4 is 10.9 Å². The predicted octanol–water partition coefficient (Wildman–Crippen LogP) is 2.83. The van der Waals surface area contributed by atoms with Gasteiger partial charge in [-0.1, -0.05) is 0 Å². The third-order valence-electron chi connectivity index (χ3n) is 3.39. The Bertz CT molecular complexity index is 994. The van der Waals surface area contributed by atoms with Gasteiger partial charge in [0.1, 0.15) is 16.5 Å². The van der Waals surface area contributed by atoms with Crippen molar-refractivity contribution in [3.8, 4) is 0 Å². The highest BCUT2D eigenvalue weighted by Crippen LogP contribution is 2.28. The van der Waals surface area contributed by atoms with Crippen molar-refractivity contribution in [2.75, 3.05) is 5.32 Å². The van der Waals surface area contributed by atoms with Crippen molar-refractivity contribution in [1.82, 2.24) is 9.55 Å². The first-order valence-corrected chi connectivity index (χ1v) is 7.41. The van der Waals surface area contributed by atoms with Gasteiger partial charge in [0.15, 0.2) is 0 Å². The lowest BCUT2D eigenvalue weighted by atomic mass is 10.2. The number of hydrogen-bond acceptors (Lipinski definition) is 4. The highest BCUT2D eigenvalue weighted by molar-refractivity contribution is 7.20. The summed E-state index contributed by atoms with van der Waals surface area (Å²) in [5.41, 5.74) is -0.0551. The van der Waals surface area contributed by atoms with Gasteiger partial charge in [0.25, 0.3) is 11.5 Å². The number of aryl methyl sites for hydroxylation is 2. The first kappa shape index (κ1) is 15.3.